The Bertz CT molecular complexity index is 1430. The maximum absolute atomic E-state index is 13.0. The first-order chi connectivity index (χ1) is 24.7. The van der Waals surface area contributed by atoms with E-state index in [1.807, 2.05) is 0 Å². The topological polar surface area (TPSA) is 196 Å². The van der Waals surface area contributed by atoms with Crippen molar-refractivity contribution in [1.82, 2.24) is 0 Å². The molecule has 2 aliphatic heterocycles. The number of hydrogen-bond donors (Lipinski definition) is 7. The average molecular weight is 751 g/mol. The van der Waals surface area contributed by atoms with E-state index >= 15 is 0 Å². The minimum atomic E-state index is -1.69. The van der Waals surface area contributed by atoms with E-state index in [1.54, 1.807) is 0 Å². The number of carbonyl (C=O) groups is 1. The van der Waals surface area contributed by atoms with Crippen LogP contribution in [0, 0.1) is 50.2 Å². The summed E-state index contributed by atoms with van der Waals surface area (Å²) in [6, 6.07) is 0. The van der Waals surface area contributed by atoms with Gasteiger partial charge in [0.25, 0.3) is 0 Å². The summed E-state index contributed by atoms with van der Waals surface area (Å²) in [4.78, 5) is 13.0. The molecule has 0 bridgehead atoms. The molecule has 7 rings (SSSR count). The second kappa shape index (κ2) is 13.5. The van der Waals surface area contributed by atoms with Gasteiger partial charge in [-0.25, -0.2) is 0 Å². The van der Waals surface area contributed by atoms with E-state index < -0.39 is 73.3 Å². The highest BCUT2D eigenvalue weighted by molar-refractivity contribution is 5.80. The molecule has 0 radical (unpaired) electrons. The number of aliphatic hydroxyl groups excluding tert-OH is 6. The summed E-state index contributed by atoms with van der Waals surface area (Å²) in [5.74, 6) is 0.376. The van der Waals surface area contributed by atoms with Crippen molar-refractivity contribution in [1.29, 1.82) is 0 Å². The molecule has 7 N–H and O–H groups in total. The Labute approximate surface area is 314 Å². The van der Waals surface area contributed by atoms with Crippen LogP contribution < -0.4 is 0 Å². The summed E-state index contributed by atoms with van der Waals surface area (Å²) in [7, 11) is 0. The highest BCUT2D eigenvalue weighted by Crippen LogP contribution is 2.76. The number of aliphatic hydroxyl groups is 6. The highest BCUT2D eigenvalue weighted by atomic mass is 16.8. The minimum Gasteiger partial charge on any atom is -0.481 e. The van der Waals surface area contributed by atoms with E-state index in [0.717, 1.165) is 57.8 Å². The lowest BCUT2D eigenvalue weighted by molar-refractivity contribution is -0.367. The van der Waals surface area contributed by atoms with E-state index in [9.17, 15) is 40.5 Å². The van der Waals surface area contributed by atoms with Gasteiger partial charge < -0.3 is 54.7 Å². The van der Waals surface area contributed by atoms with Crippen LogP contribution in [0.2, 0.25) is 0 Å². The van der Waals surface area contributed by atoms with Crippen LogP contribution in [0.3, 0.4) is 0 Å². The Morgan fingerprint density at radius 3 is 2.13 bits per heavy atom. The third-order valence-corrected chi connectivity index (χ3v) is 16.8. The van der Waals surface area contributed by atoms with E-state index in [2.05, 4.69) is 54.5 Å². The van der Waals surface area contributed by atoms with E-state index in [1.165, 1.54) is 5.57 Å². The van der Waals surface area contributed by atoms with E-state index in [-0.39, 0.29) is 45.7 Å². The molecular weight excluding hydrogens is 684 g/mol. The Kier molecular flexibility index (Phi) is 10.2. The number of carboxylic acid groups (broad SMARTS) is 1. The number of allylic oxidation sites excluding steroid dienone is 1. The summed E-state index contributed by atoms with van der Waals surface area (Å²) in [6.45, 7) is 15.7. The number of hydrogen-bond acceptors (Lipinski definition) is 11. The molecule has 2 heterocycles. The standard InChI is InChI=1S/C41H66O12/c1-36(2)14-16-41(35(48)49)17-15-39(6)21(22(41)18-36)8-9-26-38(5)12-11-27(37(3,4)25(38)10-13-40(26,39)7)52-34-32(28(44)23(43)20-50-34)53-33-31(47)30(46)29(45)24(19-42)51-33/h18,21,23-34,42-47H,8-17,19-20H2,1-7H3,(H,48,49)/t21-,23+,24-,25+,26-,27+,28+,29-,30+,31-,32-,33+,34+,38+,39-,40-,41+/m1/s1. The number of carboxylic acids is 1. The van der Waals surface area contributed by atoms with Gasteiger partial charge >= 0.3 is 5.97 Å². The summed E-state index contributed by atoms with van der Waals surface area (Å²) >= 11 is 0. The molecule has 0 aromatic carbocycles. The summed E-state index contributed by atoms with van der Waals surface area (Å²) in [5.41, 5.74) is 0.185. The Hall–Kier alpha value is -1.19. The lowest BCUT2D eigenvalue weighted by Gasteiger charge is -2.72. The van der Waals surface area contributed by atoms with Crippen molar-refractivity contribution < 1.29 is 59.5 Å². The maximum atomic E-state index is 13.0. The Balaban J connectivity index is 1.12. The van der Waals surface area contributed by atoms with Gasteiger partial charge in [-0.2, -0.15) is 0 Å². The summed E-state index contributed by atoms with van der Waals surface area (Å²) in [6.07, 6.45) is -1.71. The predicted octanol–water partition coefficient (Wildman–Crippen LogP) is 3.52. The average Bonchev–Trinajstić information content (AvgIpc) is 3.08. The van der Waals surface area contributed by atoms with Crippen LogP contribution >= 0.6 is 0 Å². The molecule has 0 aromatic heterocycles. The zero-order chi connectivity index (χ0) is 38.7. The SMILES string of the molecule is CC1(C)C=C2[C@H]3CC[C@@H]4[C@@]5(C)CC[C@H](O[C@@H]6OC[C@H](O)[C@H](O)[C@H]6O[C@@H]6O[C@H](CO)[C@@H](O)[C@H](O)[C@H]6O)C(C)(C)[C@@H]5CC[C@@]4(C)[C@]3(C)CC[C@@]2(C(=O)O)CC1. The van der Waals surface area contributed by atoms with Gasteiger partial charge in [0.05, 0.1) is 24.7 Å². The first-order valence-electron chi connectivity index (χ1n) is 20.2. The minimum absolute atomic E-state index is 0.00854. The first kappa shape index (κ1) is 40.0. The molecule has 12 nitrogen and oxygen atoms in total. The smallest absolute Gasteiger partial charge is 0.313 e. The van der Waals surface area contributed by atoms with Crippen LogP contribution in [0.1, 0.15) is 113 Å². The van der Waals surface area contributed by atoms with Crippen molar-refractivity contribution in [2.24, 2.45) is 50.2 Å². The molecule has 53 heavy (non-hydrogen) atoms. The first-order valence-corrected chi connectivity index (χ1v) is 20.2. The van der Waals surface area contributed by atoms with Crippen LogP contribution in [-0.4, -0.2) is 116 Å². The molecule has 0 spiro atoms. The van der Waals surface area contributed by atoms with Gasteiger partial charge in [-0.15, -0.1) is 0 Å². The molecule has 302 valence electrons. The van der Waals surface area contributed by atoms with Crippen LogP contribution in [-0.2, 0) is 23.7 Å². The quantitative estimate of drug-likeness (QED) is 0.155. The van der Waals surface area contributed by atoms with Gasteiger partial charge in [0.15, 0.2) is 12.6 Å². The van der Waals surface area contributed by atoms with Crippen molar-refractivity contribution in [3.05, 3.63) is 11.6 Å². The van der Waals surface area contributed by atoms with E-state index in [4.69, 9.17) is 18.9 Å². The van der Waals surface area contributed by atoms with Gasteiger partial charge in [-0.05, 0) is 109 Å². The molecule has 6 fully saturated rings. The second-order valence-corrected chi connectivity index (χ2v) is 20.1. The van der Waals surface area contributed by atoms with Gasteiger partial charge in [0.2, 0.25) is 0 Å². The Morgan fingerprint density at radius 1 is 0.755 bits per heavy atom. The highest BCUT2D eigenvalue weighted by Gasteiger charge is 2.70. The molecule has 0 unspecified atom stereocenters. The second-order valence-electron chi connectivity index (χ2n) is 20.1. The van der Waals surface area contributed by atoms with Gasteiger partial charge in [-0.3, -0.25) is 4.79 Å². The van der Waals surface area contributed by atoms with Crippen molar-refractivity contribution in [3.8, 4) is 0 Å². The summed E-state index contributed by atoms with van der Waals surface area (Å²) < 4.78 is 24.3. The van der Waals surface area contributed by atoms with Crippen molar-refractivity contribution in [3.63, 3.8) is 0 Å². The third kappa shape index (κ3) is 5.94. The summed E-state index contributed by atoms with van der Waals surface area (Å²) in [5, 5.41) is 73.3. The van der Waals surface area contributed by atoms with E-state index in [0.29, 0.717) is 18.3 Å². The molecule has 5 aliphatic carbocycles. The van der Waals surface area contributed by atoms with Crippen LogP contribution in [0.15, 0.2) is 11.6 Å². The van der Waals surface area contributed by atoms with Gasteiger partial charge in [0.1, 0.15) is 42.7 Å². The lowest BCUT2D eigenvalue weighted by atomic mass is 9.32. The number of rotatable bonds is 6. The Morgan fingerprint density at radius 2 is 1.45 bits per heavy atom. The molecular formula is C41H66O12. The van der Waals surface area contributed by atoms with Gasteiger partial charge in [-0.1, -0.05) is 60.1 Å². The van der Waals surface area contributed by atoms with Crippen LogP contribution in [0.25, 0.3) is 0 Å². The normalized spacial score (nSPS) is 53.3. The number of aliphatic carboxylic acids is 1. The monoisotopic (exact) mass is 750 g/mol. The number of ether oxygens (including phenoxy) is 4. The molecule has 12 heteroatoms. The zero-order valence-corrected chi connectivity index (χ0v) is 32.7. The zero-order valence-electron chi connectivity index (χ0n) is 32.7. The lowest BCUT2D eigenvalue weighted by Crippen LogP contribution is -2.67. The van der Waals surface area contributed by atoms with Crippen molar-refractivity contribution in [2.75, 3.05) is 13.2 Å². The molecule has 17 atom stereocenters. The fraction of sp³-hybridized carbons (Fsp3) is 0.927. The fourth-order valence-electron chi connectivity index (χ4n) is 13.5. The van der Waals surface area contributed by atoms with Gasteiger partial charge in [0, 0.05) is 0 Å². The molecule has 2 saturated heterocycles. The van der Waals surface area contributed by atoms with Crippen molar-refractivity contribution >= 4 is 5.97 Å². The van der Waals surface area contributed by atoms with Crippen molar-refractivity contribution in [2.45, 2.75) is 174 Å². The van der Waals surface area contributed by atoms with Crippen LogP contribution in [0.4, 0.5) is 0 Å². The molecule has 4 saturated carbocycles. The largest absolute Gasteiger partial charge is 0.481 e. The molecule has 7 aliphatic rings. The molecule has 0 aromatic rings. The fourth-order valence-corrected chi connectivity index (χ4v) is 13.5. The molecule has 0 amide bonds. The maximum Gasteiger partial charge on any atom is 0.313 e. The number of fused-ring (bicyclic) bond motifs is 7. The van der Waals surface area contributed by atoms with Crippen LogP contribution in [0.5, 0.6) is 0 Å². The predicted molar refractivity (Wildman–Crippen MR) is 192 cm³/mol. The third-order valence-electron chi connectivity index (χ3n) is 16.8.